The van der Waals surface area contributed by atoms with Crippen LogP contribution in [0.25, 0.3) is 0 Å². The minimum atomic E-state index is -0.422. The first-order valence-electron chi connectivity index (χ1n) is 7.39. The van der Waals surface area contributed by atoms with Gasteiger partial charge in [0, 0.05) is 11.8 Å². The predicted octanol–water partition coefficient (Wildman–Crippen LogP) is 2.28. The van der Waals surface area contributed by atoms with Crippen molar-refractivity contribution < 1.29 is 9.59 Å². The molecule has 1 saturated heterocycles. The van der Waals surface area contributed by atoms with Crippen LogP contribution in [0.15, 0.2) is 0 Å². The first kappa shape index (κ1) is 17.3. The molecule has 1 N–H and O–H groups in total. The number of nitrogens with one attached hydrogen (secondary N) is 1. The van der Waals surface area contributed by atoms with Gasteiger partial charge in [-0.3, -0.25) is 9.59 Å². The lowest BCUT2D eigenvalue weighted by atomic mass is 9.83. The Labute approximate surface area is 127 Å². The van der Waals surface area contributed by atoms with E-state index in [4.69, 9.17) is 0 Å². The Hall–Kier alpha value is -0.710. The summed E-state index contributed by atoms with van der Waals surface area (Å²) in [4.78, 5) is 27.1. The van der Waals surface area contributed by atoms with Crippen LogP contribution in [-0.4, -0.2) is 46.8 Å². The molecule has 20 heavy (non-hydrogen) atoms. The van der Waals surface area contributed by atoms with Gasteiger partial charge in [0.2, 0.25) is 11.8 Å². The molecule has 116 valence electrons. The van der Waals surface area contributed by atoms with Crippen molar-refractivity contribution in [2.75, 3.05) is 12.0 Å². The van der Waals surface area contributed by atoms with E-state index in [1.165, 1.54) is 0 Å². The summed E-state index contributed by atoms with van der Waals surface area (Å²) in [6, 6.07) is -0.606. The number of hydrogen-bond acceptors (Lipinski definition) is 3. The molecule has 0 bridgehead atoms. The summed E-state index contributed by atoms with van der Waals surface area (Å²) < 4.78 is 0. The molecule has 0 aromatic heterocycles. The lowest BCUT2D eigenvalue weighted by Gasteiger charge is -2.46. The van der Waals surface area contributed by atoms with Crippen molar-refractivity contribution in [3.8, 4) is 0 Å². The summed E-state index contributed by atoms with van der Waals surface area (Å²) in [6.07, 6.45) is 3.59. The molecule has 2 amide bonds. The molecule has 1 fully saturated rings. The second-order valence-corrected chi connectivity index (χ2v) is 7.41. The molecule has 1 aliphatic heterocycles. The molecule has 3 unspecified atom stereocenters. The van der Waals surface area contributed by atoms with Gasteiger partial charge in [-0.15, -0.1) is 0 Å². The summed E-state index contributed by atoms with van der Waals surface area (Å²) in [5, 5.41) is 2.92. The number of piperazine rings is 1. The van der Waals surface area contributed by atoms with E-state index in [1.54, 1.807) is 11.8 Å². The van der Waals surface area contributed by atoms with Gasteiger partial charge < -0.3 is 10.2 Å². The van der Waals surface area contributed by atoms with E-state index in [0.29, 0.717) is 6.42 Å². The largest absolute Gasteiger partial charge is 0.342 e. The third-order valence-corrected chi connectivity index (χ3v) is 4.62. The second-order valence-electron chi connectivity index (χ2n) is 6.49. The van der Waals surface area contributed by atoms with E-state index < -0.39 is 6.04 Å². The lowest BCUT2D eigenvalue weighted by Crippen LogP contribution is -2.68. The average molecular weight is 300 g/mol. The molecule has 0 aromatic rings. The highest BCUT2D eigenvalue weighted by molar-refractivity contribution is 7.98. The molecule has 3 atom stereocenters. The smallest absolute Gasteiger partial charge is 0.246 e. The maximum absolute atomic E-state index is 12.9. The maximum Gasteiger partial charge on any atom is 0.246 e. The molecular formula is C15H28N2O2S. The maximum atomic E-state index is 12.9. The fraction of sp³-hybridized carbons (Fsp3) is 0.867. The number of nitrogens with zero attached hydrogens (tertiary/aromatic N) is 1. The van der Waals surface area contributed by atoms with Gasteiger partial charge >= 0.3 is 0 Å². The topological polar surface area (TPSA) is 49.4 Å². The van der Waals surface area contributed by atoms with Crippen LogP contribution in [0.3, 0.4) is 0 Å². The van der Waals surface area contributed by atoms with Crippen LogP contribution in [-0.2, 0) is 9.59 Å². The normalized spacial score (nSPS) is 25.6. The number of rotatable bonds is 5. The molecule has 1 rings (SSSR count). The zero-order chi connectivity index (χ0) is 15.5. The van der Waals surface area contributed by atoms with Gasteiger partial charge in [0.25, 0.3) is 0 Å². The minimum Gasteiger partial charge on any atom is -0.342 e. The third-order valence-electron chi connectivity index (χ3n) is 3.90. The predicted molar refractivity (Wildman–Crippen MR) is 84.8 cm³/mol. The monoisotopic (exact) mass is 300 g/mol. The summed E-state index contributed by atoms with van der Waals surface area (Å²) in [6.45, 7) is 10.0. The fourth-order valence-corrected chi connectivity index (χ4v) is 3.50. The molecule has 0 saturated carbocycles. The molecule has 4 nitrogen and oxygen atoms in total. The van der Waals surface area contributed by atoms with Crippen molar-refractivity contribution in [3.63, 3.8) is 0 Å². The van der Waals surface area contributed by atoms with Crippen LogP contribution in [0.2, 0.25) is 0 Å². The highest BCUT2D eigenvalue weighted by Gasteiger charge is 2.46. The number of carbonyl (C=O) groups is 2. The van der Waals surface area contributed by atoms with E-state index in [9.17, 15) is 9.59 Å². The van der Waals surface area contributed by atoms with Gasteiger partial charge in [0.05, 0.1) is 0 Å². The van der Waals surface area contributed by atoms with Gasteiger partial charge in [0.15, 0.2) is 0 Å². The third kappa shape index (κ3) is 3.48. The number of carbonyl (C=O) groups excluding carboxylic acids is 2. The first-order valence-corrected chi connectivity index (χ1v) is 8.78. The summed E-state index contributed by atoms with van der Waals surface area (Å²) >= 11 is 1.73. The number of amides is 2. The van der Waals surface area contributed by atoms with E-state index in [-0.39, 0.29) is 29.3 Å². The van der Waals surface area contributed by atoms with Gasteiger partial charge in [0.1, 0.15) is 12.1 Å². The molecule has 0 aliphatic carbocycles. The Morgan fingerprint density at radius 2 is 1.90 bits per heavy atom. The molecule has 0 aromatic carbocycles. The first-order chi connectivity index (χ1) is 9.27. The van der Waals surface area contributed by atoms with Crippen LogP contribution in [0.5, 0.6) is 0 Å². The molecule has 0 spiro atoms. The van der Waals surface area contributed by atoms with Gasteiger partial charge in [-0.25, -0.2) is 0 Å². The quantitative estimate of drug-likeness (QED) is 0.847. The van der Waals surface area contributed by atoms with E-state index in [2.05, 4.69) is 12.2 Å². The van der Waals surface area contributed by atoms with Crippen molar-refractivity contribution in [2.45, 2.75) is 65.6 Å². The van der Waals surface area contributed by atoms with Crippen molar-refractivity contribution in [3.05, 3.63) is 0 Å². The molecule has 1 heterocycles. The van der Waals surface area contributed by atoms with Crippen LogP contribution in [0.4, 0.5) is 0 Å². The molecular weight excluding hydrogens is 272 g/mol. The van der Waals surface area contributed by atoms with Crippen molar-refractivity contribution in [1.29, 1.82) is 0 Å². The Bertz CT molecular complexity index is 365. The van der Waals surface area contributed by atoms with Crippen molar-refractivity contribution >= 4 is 23.6 Å². The summed E-state index contributed by atoms with van der Waals surface area (Å²) in [7, 11) is 0. The van der Waals surface area contributed by atoms with Gasteiger partial charge in [-0.2, -0.15) is 11.8 Å². The lowest BCUT2D eigenvalue weighted by molar-refractivity contribution is -0.155. The Kier molecular flexibility index (Phi) is 5.92. The zero-order valence-corrected chi connectivity index (χ0v) is 14.3. The summed E-state index contributed by atoms with van der Waals surface area (Å²) in [5.74, 6) is 0.944. The zero-order valence-electron chi connectivity index (χ0n) is 13.5. The van der Waals surface area contributed by atoms with Crippen molar-refractivity contribution in [1.82, 2.24) is 10.2 Å². The van der Waals surface area contributed by atoms with Crippen molar-refractivity contribution in [2.24, 2.45) is 5.41 Å². The average Bonchev–Trinajstić information content (AvgIpc) is 2.37. The fourth-order valence-electron chi connectivity index (χ4n) is 2.72. The number of thioether (sulfide) groups is 1. The molecule has 5 heteroatoms. The van der Waals surface area contributed by atoms with E-state index >= 15 is 0 Å². The van der Waals surface area contributed by atoms with Crippen LogP contribution in [0.1, 0.15) is 47.5 Å². The van der Waals surface area contributed by atoms with Crippen LogP contribution in [0, 0.1) is 5.41 Å². The van der Waals surface area contributed by atoms with Crippen LogP contribution < -0.4 is 5.32 Å². The SMILES string of the molecule is CCC(CSC)N1C(=O)C(C(C)(C)C)NC(=O)C1CC. The standard InChI is InChI=1S/C15H28N2O2S/c1-7-10(9-20-6)17-11(8-2)13(18)16-12(14(17)19)15(3,4)5/h10-12H,7-9H2,1-6H3,(H,16,18). The Morgan fingerprint density at radius 3 is 2.30 bits per heavy atom. The number of hydrogen-bond donors (Lipinski definition) is 1. The Morgan fingerprint density at radius 1 is 1.30 bits per heavy atom. The van der Waals surface area contributed by atoms with Crippen LogP contribution >= 0.6 is 11.8 Å². The Balaban J connectivity index is 3.12. The molecule has 1 aliphatic rings. The summed E-state index contributed by atoms with van der Waals surface area (Å²) in [5.41, 5.74) is -0.263. The highest BCUT2D eigenvalue weighted by atomic mass is 32.2. The highest BCUT2D eigenvalue weighted by Crippen LogP contribution is 2.28. The van der Waals surface area contributed by atoms with Gasteiger partial charge in [-0.05, 0) is 24.5 Å². The molecule has 0 radical (unpaired) electrons. The second kappa shape index (κ2) is 6.83. The van der Waals surface area contributed by atoms with E-state index in [0.717, 1.165) is 12.2 Å². The minimum absolute atomic E-state index is 0.00780. The van der Waals surface area contributed by atoms with E-state index in [1.807, 2.05) is 38.9 Å². The van der Waals surface area contributed by atoms with Gasteiger partial charge in [-0.1, -0.05) is 34.6 Å².